The van der Waals surface area contributed by atoms with Crippen molar-refractivity contribution in [3.8, 4) is 0 Å². The van der Waals surface area contributed by atoms with Crippen molar-refractivity contribution in [1.82, 2.24) is 5.32 Å². The first kappa shape index (κ1) is 16.8. The van der Waals surface area contributed by atoms with E-state index in [0.29, 0.717) is 12.5 Å². The number of benzene rings is 1. The number of thiophene rings is 1. The molecule has 0 saturated heterocycles. The molecular formula is C16H20FN3S2. The van der Waals surface area contributed by atoms with E-state index in [9.17, 15) is 4.39 Å². The maximum Gasteiger partial charge on any atom is 0.188 e. The van der Waals surface area contributed by atoms with Crippen molar-refractivity contribution in [3.63, 3.8) is 0 Å². The minimum Gasteiger partial charge on any atom is -0.370 e. The summed E-state index contributed by atoms with van der Waals surface area (Å²) in [4.78, 5) is 6.72. The molecule has 0 amide bonds. The van der Waals surface area contributed by atoms with Crippen molar-refractivity contribution < 1.29 is 4.39 Å². The van der Waals surface area contributed by atoms with Gasteiger partial charge >= 0.3 is 0 Å². The molecule has 0 fully saturated rings. The number of rotatable bonds is 8. The first-order chi connectivity index (χ1) is 10.7. The number of nitrogens with two attached hydrogens (primary N) is 1. The highest BCUT2D eigenvalue weighted by atomic mass is 32.2. The van der Waals surface area contributed by atoms with Crippen LogP contribution < -0.4 is 11.1 Å². The van der Waals surface area contributed by atoms with Gasteiger partial charge in [-0.15, -0.1) is 23.1 Å². The van der Waals surface area contributed by atoms with Crippen LogP contribution in [-0.4, -0.2) is 24.8 Å². The van der Waals surface area contributed by atoms with E-state index < -0.39 is 0 Å². The van der Waals surface area contributed by atoms with Gasteiger partial charge in [-0.2, -0.15) is 0 Å². The van der Waals surface area contributed by atoms with Gasteiger partial charge < -0.3 is 11.1 Å². The Morgan fingerprint density at radius 2 is 2.09 bits per heavy atom. The number of guanidine groups is 1. The molecular weight excluding hydrogens is 317 g/mol. The van der Waals surface area contributed by atoms with Crippen molar-refractivity contribution in [3.05, 3.63) is 52.5 Å². The molecule has 0 unspecified atom stereocenters. The Hall–Kier alpha value is -1.53. The van der Waals surface area contributed by atoms with E-state index in [4.69, 9.17) is 5.73 Å². The number of halogens is 1. The number of nitrogens with one attached hydrogen (secondary N) is 1. The lowest BCUT2D eigenvalue weighted by atomic mass is 10.3. The largest absolute Gasteiger partial charge is 0.370 e. The molecule has 0 radical (unpaired) electrons. The number of hydrogen-bond donors (Lipinski definition) is 2. The molecule has 1 aromatic heterocycles. The third-order valence-electron chi connectivity index (χ3n) is 2.92. The maximum absolute atomic E-state index is 12.8. The molecule has 0 aliphatic rings. The number of hydrogen-bond acceptors (Lipinski definition) is 3. The summed E-state index contributed by atoms with van der Waals surface area (Å²) in [6.45, 7) is 1.51. The molecule has 22 heavy (non-hydrogen) atoms. The molecule has 0 saturated carbocycles. The van der Waals surface area contributed by atoms with Crippen LogP contribution in [0.3, 0.4) is 0 Å². The molecule has 1 aromatic carbocycles. The predicted molar refractivity (Wildman–Crippen MR) is 94.3 cm³/mol. The first-order valence-corrected chi connectivity index (χ1v) is 9.05. The van der Waals surface area contributed by atoms with Gasteiger partial charge in [0.1, 0.15) is 5.82 Å². The van der Waals surface area contributed by atoms with Crippen LogP contribution >= 0.6 is 23.1 Å². The van der Waals surface area contributed by atoms with Gasteiger partial charge in [0.15, 0.2) is 5.96 Å². The lowest BCUT2D eigenvalue weighted by Crippen LogP contribution is -2.33. The fourth-order valence-corrected chi connectivity index (χ4v) is 3.36. The van der Waals surface area contributed by atoms with Gasteiger partial charge in [-0.25, -0.2) is 4.39 Å². The van der Waals surface area contributed by atoms with Crippen molar-refractivity contribution in [2.24, 2.45) is 10.7 Å². The standard InChI is InChI=1S/C16H20FN3S2/c17-13-4-6-15(7-5-13)22-12-2-9-19-16(18)20-10-8-14-3-1-11-21-14/h1,3-7,11H,2,8-10,12H2,(H3,18,19,20). The minimum absolute atomic E-state index is 0.199. The molecule has 0 spiro atoms. The Labute approximate surface area is 138 Å². The van der Waals surface area contributed by atoms with Crippen LogP contribution in [0, 0.1) is 5.82 Å². The normalized spacial score (nSPS) is 11.6. The topological polar surface area (TPSA) is 50.4 Å². The fraction of sp³-hybridized carbons (Fsp3) is 0.312. The van der Waals surface area contributed by atoms with Crippen molar-refractivity contribution >= 4 is 29.1 Å². The average Bonchev–Trinajstić information content (AvgIpc) is 3.02. The van der Waals surface area contributed by atoms with Gasteiger partial charge in [-0.05, 0) is 54.3 Å². The smallest absolute Gasteiger partial charge is 0.188 e. The van der Waals surface area contributed by atoms with Crippen LogP contribution in [0.15, 0.2) is 51.7 Å². The first-order valence-electron chi connectivity index (χ1n) is 7.18. The third kappa shape index (κ3) is 6.49. The highest BCUT2D eigenvalue weighted by Gasteiger charge is 1.97. The maximum atomic E-state index is 12.8. The van der Waals surface area contributed by atoms with Gasteiger partial charge in [-0.1, -0.05) is 6.07 Å². The lowest BCUT2D eigenvalue weighted by Gasteiger charge is -2.04. The molecule has 3 N–H and O–H groups in total. The second-order valence-corrected chi connectivity index (χ2v) is 6.88. The Balaban J connectivity index is 1.55. The van der Waals surface area contributed by atoms with Gasteiger partial charge in [-0.3, -0.25) is 4.99 Å². The Kier molecular flexibility index (Phi) is 7.25. The second kappa shape index (κ2) is 9.48. The lowest BCUT2D eigenvalue weighted by molar-refractivity contribution is 0.626. The van der Waals surface area contributed by atoms with Crippen molar-refractivity contribution in [2.45, 2.75) is 17.7 Å². The summed E-state index contributed by atoms with van der Waals surface area (Å²) in [6, 6.07) is 10.7. The van der Waals surface area contributed by atoms with Crippen LogP contribution in [0.4, 0.5) is 4.39 Å². The van der Waals surface area contributed by atoms with Crippen molar-refractivity contribution in [2.75, 3.05) is 18.8 Å². The SMILES string of the molecule is NC(=NCCCSc1ccc(F)cc1)NCCc1cccs1. The zero-order valence-electron chi connectivity index (χ0n) is 12.3. The van der Waals surface area contributed by atoms with Crippen molar-refractivity contribution in [1.29, 1.82) is 0 Å². The molecule has 2 aromatic rings. The summed E-state index contributed by atoms with van der Waals surface area (Å²) in [5.74, 6) is 1.25. The summed E-state index contributed by atoms with van der Waals surface area (Å²) in [6.07, 6.45) is 1.91. The minimum atomic E-state index is -0.199. The summed E-state index contributed by atoms with van der Waals surface area (Å²) >= 11 is 3.45. The quantitative estimate of drug-likeness (QED) is 0.335. The van der Waals surface area contributed by atoms with Gasteiger partial charge in [0, 0.05) is 22.9 Å². The molecule has 0 aliphatic heterocycles. The number of aliphatic imine (C=N–C) groups is 1. The second-order valence-electron chi connectivity index (χ2n) is 4.68. The molecule has 3 nitrogen and oxygen atoms in total. The van der Waals surface area contributed by atoms with Crippen LogP contribution in [0.1, 0.15) is 11.3 Å². The van der Waals surface area contributed by atoms with E-state index in [1.54, 1.807) is 35.2 Å². The van der Waals surface area contributed by atoms with E-state index >= 15 is 0 Å². The van der Waals surface area contributed by atoms with E-state index in [2.05, 4.69) is 27.8 Å². The van der Waals surface area contributed by atoms with E-state index in [0.717, 1.165) is 30.0 Å². The Bertz CT molecular complexity index is 568. The summed E-state index contributed by atoms with van der Waals surface area (Å²) in [5.41, 5.74) is 5.82. The Morgan fingerprint density at radius 1 is 1.27 bits per heavy atom. The summed E-state index contributed by atoms with van der Waals surface area (Å²) in [7, 11) is 0. The summed E-state index contributed by atoms with van der Waals surface area (Å²) < 4.78 is 12.8. The molecule has 1 heterocycles. The fourth-order valence-electron chi connectivity index (χ4n) is 1.81. The van der Waals surface area contributed by atoms with E-state index in [-0.39, 0.29) is 5.82 Å². The molecule has 6 heteroatoms. The average molecular weight is 337 g/mol. The van der Waals surface area contributed by atoms with E-state index in [1.165, 1.54) is 17.0 Å². The predicted octanol–water partition coefficient (Wildman–Crippen LogP) is 3.52. The highest BCUT2D eigenvalue weighted by molar-refractivity contribution is 7.99. The monoisotopic (exact) mass is 337 g/mol. The zero-order valence-corrected chi connectivity index (χ0v) is 13.9. The van der Waals surface area contributed by atoms with Gasteiger partial charge in [0.25, 0.3) is 0 Å². The molecule has 2 rings (SSSR count). The Morgan fingerprint density at radius 3 is 2.82 bits per heavy atom. The highest BCUT2D eigenvalue weighted by Crippen LogP contribution is 2.18. The van der Waals surface area contributed by atoms with Crippen LogP contribution in [0.5, 0.6) is 0 Å². The van der Waals surface area contributed by atoms with Crippen LogP contribution in [0.2, 0.25) is 0 Å². The van der Waals surface area contributed by atoms with Crippen LogP contribution in [0.25, 0.3) is 0 Å². The zero-order chi connectivity index (χ0) is 15.6. The molecule has 0 atom stereocenters. The third-order valence-corrected chi connectivity index (χ3v) is 4.96. The summed E-state index contributed by atoms with van der Waals surface area (Å²) in [5, 5.41) is 5.20. The van der Waals surface area contributed by atoms with E-state index in [1.807, 2.05) is 0 Å². The van der Waals surface area contributed by atoms with Gasteiger partial charge in [0.2, 0.25) is 0 Å². The number of nitrogens with zero attached hydrogens (tertiary/aromatic N) is 1. The molecule has 118 valence electrons. The molecule has 0 bridgehead atoms. The van der Waals surface area contributed by atoms with Crippen LogP contribution in [-0.2, 0) is 6.42 Å². The van der Waals surface area contributed by atoms with Gasteiger partial charge in [0.05, 0.1) is 0 Å². The number of thioether (sulfide) groups is 1. The molecule has 0 aliphatic carbocycles.